The molecule has 0 saturated carbocycles. The van der Waals surface area contributed by atoms with E-state index in [1.807, 2.05) is 54.1 Å². The van der Waals surface area contributed by atoms with Crippen molar-refractivity contribution < 1.29 is 14.3 Å². The van der Waals surface area contributed by atoms with E-state index in [-0.39, 0.29) is 18.4 Å². The van der Waals surface area contributed by atoms with E-state index in [0.717, 1.165) is 22.0 Å². The number of carbonyl (C=O) groups excluding carboxylic acids is 1. The van der Waals surface area contributed by atoms with Gasteiger partial charge in [0.1, 0.15) is 18.1 Å². The van der Waals surface area contributed by atoms with Crippen LogP contribution in [0.25, 0.3) is 22.0 Å². The Morgan fingerprint density at radius 1 is 1.16 bits per heavy atom. The highest BCUT2D eigenvalue weighted by Crippen LogP contribution is 2.36. The van der Waals surface area contributed by atoms with Crippen LogP contribution in [0.4, 0.5) is 0 Å². The molecular weight excluding hydrogens is 340 g/mol. The summed E-state index contributed by atoms with van der Waals surface area (Å²) in [5.41, 5.74) is 9.05. The fourth-order valence-electron chi connectivity index (χ4n) is 2.89. The normalized spacial score (nSPS) is 10.4. The number of aromatic nitrogens is 1. The summed E-state index contributed by atoms with van der Waals surface area (Å²) < 4.78 is 12.5. The van der Waals surface area contributed by atoms with Crippen LogP contribution in [0.2, 0.25) is 0 Å². The maximum Gasteiger partial charge on any atom is 0.354 e. The van der Waals surface area contributed by atoms with Gasteiger partial charge >= 0.3 is 5.97 Å². The predicted octanol–water partition coefficient (Wildman–Crippen LogP) is 3.39. The Bertz CT molecular complexity index is 875. The quantitative estimate of drug-likeness (QED) is 0.708. The average molecular weight is 361 g/mol. The summed E-state index contributed by atoms with van der Waals surface area (Å²) in [7, 11) is 3.23. The standard InChI is InChI=1S/C19H20N2O3.ClH/c1-21-16(19(22)23-2)12-15-17(24-11-10-20)9-8-14(18(15)21)13-6-4-3-5-7-13;/h3-9,12H,10-11,20H2,1-2H3;1H. The van der Waals surface area contributed by atoms with Crippen LogP contribution in [0.3, 0.4) is 0 Å². The van der Waals surface area contributed by atoms with Crippen LogP contribution >= 0.6 is 12.4 Å². The van der Waals surface area contributed by atoms with Crippen LogP contribution in [0.15, 0.2) is 48.5 Å². The Morgan fingerprint density at radius 3 is 2.52 bits per heavy atom. The molecule has 25 heavy (non-hydrogen) atoms. The van der Waals surface area contributed by atoms with Gasteiger partial charge in [0.15, 0.2) is 0 Å². The SMILES string of the molecule is COC(=O)c1cc2c(OCCN)ccc(-c3ccccc3)c2n1C.Cl. The molecule has 2 aromatic carbocycles. The number of methoxy groups -OCH3 is 1. The number of nitrogens with zero attached hydrogens (tertiary/aromatic N) is 1. The highest BCUT2D eigenvalue weighted by atomic mass is 35.5. The Labute approximate surface area is 152 Å². The first-order chi connectivity index (χ1) is 11.7. The third-order valence-electron chi connectivity index (χ3n) is 4.01. The maximum absolute atomic E-state index is 12.1. The second-order valence-electron chi connectivity index (χ2n) is 5.46. The number of hydrogen-bond donors (Lipinski definition) is 1. The molecule has 132 valence electrons. The molecule has 0 aliphatic heterocycles. The summed E-state index contributed by atoms with van der Waals surface area (Å²) in [5.74, 6) is 0.332. The third-order valence-corrected chi connectivity index (χ3v) is 4.01. The van der Waals surface area contributed by atoms with Crippen molar-refractivity contribution in [2.75, 3.05) is 20.3 Å². The zero-order valence-electron chi connectivity index (χ0n) is 14.2. The Kier molecular flexibility index (Phi) is 6.07. The number of ether oxygens (including phenoxy) is 2. The second kappa shape index (κ2) is 8.05. The van der Waals surface area contributed by atoms with Gasteiger partial charge < -0.3 is 19.8 Å². The van der Waals surface area contributed by atoms with E-state index in [1.165, 1.54) is 7.11 Å². The number of hydrogen-bond acceptors (Lipinski definition) is 4. The summed E-state index contributed by atoms with van der Waals surface area (Å²) in [5, 5.41) is 0.868. The van der Waals surface area contributed by atoms with E-state index in [1.54, 1.807) is 6.07 Å². The van der Waals surface area contributed by atoms with Crippen LogP contribution < -0.4 is 10.5 Å². The first-order valence-electron chi connectivity index (χ1n) is 7.76. The minimum absolute atomic E-state index is 0. The lowest BCUT2D eigenvalue weighted by atomic mass is 10.0. The molecule has 0 aliphatic carbocycles. The molecule has 0 spiro atoms. The van der Waals surface area contributed by atoms with Crippen molar-refractivity contribution in [1.29, 1.82) is 0 Å². The van der Waals surface area contributed by atoms with Gasteiger partial charge in [0.25, 0.3) is 0 Å². The number of aryl methyl sites for hydroxylation is 1. The van der Waals surface area contributed by atoms with Gasteiger partial charge in [-0.05, 0) is 23.8 Å². The molecule has 0 atom stereocenters. The van der Waals surface area contributed by atoms with Crippen LogP contribution in [0.5, 0.6) is 5.75 Å². The van der Waals surface area contributed by atoms with Crippen molar-refractivity contribution in [3.63, 3.8) is 0 Å². The Balaban J connectivity index is 0.00000225. The van der Waals surface area contributed by atoms with Crippen LogP contribution in [-0.2, 0) is 11.8 Å². The number of carbonyl (C=O) groups is 1. The van der Waals surface area contributed by atoms with E-state index in [4.69, 9.17) is 15.2 Å². The van der Waals surface area contributed by atoms with Gasteiger partial charge in [0.05, 0.1) is 12.6 Å². The fourth-order valence-corrected chi connectivity index (χ4v) is 2.89. The summed E-state index contributed by atoms with van der Waals surface area (Å²) in [6, 6.07) is 15.8. The fraction of sp³-hybridized carbons (Fsp3) is 0.211. The lowest BCUT2D eigenvalue weighted by Crippen LogP contribution is -2.10. The topological polar surface area (TPSA) is 66.5 Å². The van der Waals surface area contributed by atoms with E-state index in [9.17, 15) is 4.79 Å². The molecule has 3 aromatic rings. The smallest absolute Gasteiger partial charge is 0.354 e. The zero-order chi connectivity index (χ0) is 17.1. The van der Waals surface area contributed by atoms with Crippen LogP contribution in [0, 0.1) is 0 Å². The van der Waals surface area contributed by atoms with E-state index < -0.39 is 0 Å². The van der Waals surface area contributed by atoms with Gasteiger partial charge in [-0.2, -0.15) is 0 Å². The molecule has 0 unspecified atom stereocenters. The summed E-state index contributed by atoms with van der Waals surface area (Å²) in [6.07, 6.45) is 0. The number of rotatable bonds is 5. The first kappa shape index (κ1) is 18.8. The molecule has 0 radical (unpaired) electrons. The van der Waals surface area contributed by atoms with Gasteiger partial charge in [-0.3, -0.25) is 0 Å². The molecule has 6 heteroatoms. The molecule has 0 fully saturated rings. The summed E-state index contributed by atoms with van der Waals surface area (Å²) >= 11 is 0. The molecule has 1 aromatic heterocycles. The highest BCUT2D eigenvalue weighted by Gasteiger charge is 2.19. The number of benzene rings is 2. The van der Waals surface area contributed by atoms with Crippen molar-refractivity contribution in [2.45, 2.75) is 0 Å². The Hall–Kier alpha value is -2.50. The largest absolute Gasteiger partial charge is 0.492 e. The van der Waals surface area contributed by atoms with Gasteiger partial charge in [0, 0.05) is 24.5 Å². The molecule has 0 bridgehead atoms. The van der Waals surface area contributed by atoms with Gasteiger partial charge in [-0.25, -0.2) is 4.79 Å². The lowest BCUT2D eigenvalue weighted by molar-refractivity contribution is 0.0590. The van der Waals surface area contributed by atoms with Crippen LogP contribution in [-0.4, -0.2) is 30.8 Å². The molecular formula is C19H21ClN2O3. The number of halogens is 1. The predicted molar refractivity (Wildman–Crippen MR) is 101 cm³/mol. The van der Waals surface area contributed by atoms with Crippen molar-refractivity contribution in [1.82, 2.24) is 4.57 Å². The van der Waals surface area contributed by atoms with Crippen molar-refractivity contribution >= 4 is 29.3 Å². The van der Waals surface area contributed by atoms with Gasteiger partial charge in [-0.15, -0.1) is 12.4 Å². The summed E-state index contributed by atoms with van der Waals surface area (Å²) in [4.78, 5) is 12.1. The third kappa shape index (κ3) is 3.48. The minimum Gasteiger partial charge on any atom is -0.492 e. The molecule has 3 rings (SSSR count). The monoisotopic (exact) mass is 360 g/mol. The van der Waals surface area contributed by atoms with E-state index in [0.29, 0.717) is 24.6 Å². The van der Waals surface area contributed by atoms with Gasteiger partial charge in [-0.1, -0.05) is 30.3 Å². The molecule has 0 amide bonds. The highest BCUT2D eigenvalue weighted by molar-refractivity contribution is 6.03. The molecule has 1 heterocycles. The van der Waals surface area contributed by atoms with E-state index in [2.05, 4.69) is 0 Å². The lowest BCUT2D eigenvalue weighted by Gasteiger charge is -2.11. The minimum atomic E-state index is -0.377. The number of nitrogens with two attached hydrogens (primary N) is 1. The van der Waals surface area contributed by atoms with Gasteiger partial charge in [0.2, 0.25) is 0 Å². The number of fused-ring (bicyclic) bond motifs is 1. The van der Waals surface area contributed by atoms with E-state index >= 15 is 0 Å². The summed E-state index contributed by atoms with van der Waals surface area (Å²) in [6.45, 7) is 0.848. The average Bonchev–Trinajstić information content (AvgIpc) is 2.98. The second-order valence-corrected chi connectivity index (χ2v) is 5.46. The molecule has 2 N–H and O–H groups in total. The van der Waals surface area contributed by atoms with Crippen molar-refractivity contribution in [2.24, 2.45) is 12.8 Å². The van der Waals surface area contributed by atoms with Crippen molar-refractivity contribution in [3.05, 3.63) is 54.2 Å². The zero-order valence-corrected chi connectivity index (χ0v) is 15.0. The Morgan fingerprint density at radius 2 is 1.88 bits per heavy atom. The van der Waals surface area contributed by atoms with Crippen LogP contribution in [0.1, 0.15) is 10.5 Å². The first-order valence-corrected chi connectivity index (χ1v) is 7.76. The molecule has 5 nitrogen and oxygen atoms in total. The van der Waals surface area contributed by atoms with Crippen molar-refractivity contribution in [3.8, 4) is 16.9 Å². The molecule has 0 saturated heterocycles. The molecule has 0 aliphatic rings. The number of esters is 1. The maximum atomic E-state index is 12.1.